The summed E-state index contributed by atoms with van der Waals surface area (Å²) in [7, 11) is 0. The first-order chi connectivity index (χ1) is 8.60. The highest BCUT2D eigenvalue weighted by Crippen LogP contribution is 2.31. The number of nitrogens with one attached hydrogen (secondary N) is 2. The van der Waals surface area contributed by atoms with E-state index < -0.39 is 0 Å². The normalized spacial score (nSPS) is 23.6. The van der Waals surface area contributed by atoms with Crippen molar-refractivity contribution >= 4 is 5.91 Å². The predicted octanol–water partition coefficient (Wildman–Crippen LogP) is 1.70. The van der Waals surface area contributed by atoms with Crippen LogP contribution in [0.5, 0.6) is 0 Å². The molecule has 1 rings (SSSR count). The van der Waals surface area contributed by atoms with Crippen LogP contribution in [0.1, 0.15) is 46.5 Å². The maximum atomic E-state index is 12.3. The summed E-state index contributed by atoms with van der Waals surface area (Å²) in [5, 5.41) is 6.37. The first-order valence-corrected chi connectivity index (χ1v) is 7.21. The lowest BCUT2D eigenvalue weighted by molar-refractivity contribution is -0.130. The standard InChI is InChI=1S/C14H28N2O2/c1-4-6-14(7-9-15-11-14)13(17)16-8-5-10-18-12(2)3/h12,15H,4-11H2,1-3H3,(H,16,17). The molecule has 1 atom stereocenters. The Morgan fingerprint density at radius 1 is 1.50 bits per heavy atom. The summed E-state index contributed by atoms with van der Waals surface area (Å²) in [6.45, 7) is 9.43. The molecule has 0 aromatic rings. The number of hydrogen-bond acceptors (Lipinski definition) is 3. The van der Waals surface area contributed by atoms with Crippen molar-refractivity contribution in [3.63, 3.8) is 0 Å². The second kappa shape index (κ2) is 7.74. The minimum atomic E-state index is -0.159. The summed E-state index contributed by atoms with van der Waals surface area (Å²) < 4.78 is 5.46. The van der Waals surface area contributed by atoms with Crippen LogP contribution in [0, 0.1) is 5.41 Å². The fourth-order valence-corrected chi connectivity index (χ4v) is 2.52. The Balaban J connectivity index is 2.25. The van der Waals surface area contributed by atoms with Crippen LogP contribution in [0.4, 0.5) is 0 Å². The van der Waals surface area contributed by atoms with Crippen molar-refractivity contribution in [2.75, 3.05) is 26.2 Å². The van der Waals surface area contributed by atoms with Gasteiger partial charge in [0.25, 0.3) is 0 Å². The molecule has 0 aromatic carbocycles. The van der Waals surface area contributed by atoms with Gasteiger partial charge in [-0.2, -0.15) is 0 Å². The average Bonchev–Trinajstić information content (AvgIpc) is 2.78. The highest BCUT2D eigenvalue weighted by atomic mass is 16.5. The van der Waals surface area contributed by atoms with E-state index in [1.54, 1.807) is 0 Å². The van der Waals surface area contributed by atoms with E-state index in [0.717, 1.165) is 51.9 Å². The predicted molar refractivity (Wildman–Crippen MR) is 73.5 cm³/mol. The Bertz CT molecular complexity index is 248. The molecule has 0 aliphatic carbocycles. The van der Waals surface area contributed by atoms with Gasteiger partial charge in [0.05, 0.1) is 11.5 Å². The number of carbonyl (C=O) groups excluding carboxylic acids is 1. The molecular weight excluding hydrogens is 228 g/mol. The highest BCUT2D eigenvalue weighted by Gasteiger charge is 2.39. The summed E-state index contributed by atoms with van der Waals surface area (Å²) >= 11 is 0. The molecular formula is C14H28N2O2. The minimum absolute atomic E-state index is 0.159. The number of hydrogen-bond donors (Lipinski definition) is 2. The summed E-state index contributed by atoms with van der Waals surface area (Å²) in [6, 6.07) is 0. The Labute approximate surface area is 111 Å². The van der Waals surface area contributed by atoms with Gasteiger partial charge in [-0.3, -0.25) is 4.79 Å². The molecule has 0 radical (unpaired) electrons. The number of ether oxygens (including phenoxy) is 1. The molecule has 0 aromatic heterocycles. The second-order valence-corrected chi connectivity index (χ2v) is 5.49. The molecule has 106 valence electrons. The van der Waals surface area contributed by atoms with Crippen molar-refractivity contribution in [1.29, 1.82) is 0 Å². The molecule has 1 saturated heterocycles. The van der Waals surface area contributed by atoms with Gasteiger partial charge in [0.1, 0.15) is 0 Å². The van der Waals surface area contributed by atoms with Crippen LogP contribution < -0.4 is 10.6 Å². The summed E-state index contributed by atoms with van der Waals surface area (Å²) in [5.41, 5.74) is -0.159. The van der Waals surface area contributed by atoms with Crippen LogP contribution in [0.3, 0.4) is 0 Å². The topological polar surface area (TPSA) is 50.4 Å². The van der Waals surface area contributed by atoms with Crippen LogP contribution in [0.2, 0.25) is 0 Å². The van der Waals surface area contributed by atoms with Crippen LogP contribution in [-0.2, 0) is 9.53 Å². The molecule has 0 bridgehead atoms. The molecule has 1 heterocycles. The van der Waals surface area contributed by atoms with E-state index in [4.69, 9.17) is 4.74 Å². The molecule has 0 saturated carbocycles. The lowest BCUT2D eigenvalue weighted by Crippen LogP contribution is -2.43. The van der Waals surface area contributed by atoms with Crippen LogP contribution >= 0.6 is 0 Å². The zero-order chi connectivity index (χ0) is 13.4. The SMILES string of the molecule is CCCC1(C(=O)NCCCOC(C)C)CCNC1. The van der Waals surface area contributed by atoms with Crippen molar-refractivity contribution < 1.29 is 9.53 Å². The molecule has 1 unspecified atom stereocenters. The largest absolute Gasteiger partial charge is 0.379 e. The lowest BCUT2D eigenvalue weighted by Gasteiger charge is -2.26. The van der Waals surface area contributed by atoms with Crippen molar-refractivity contribution in [2.24, 2.45) is 5.41 Å². The maximum absolute atomic E-state index is 12.3. The van der Waals surface area contributed by atoms with E-state index in [9.17, 15) is 4.79 Å². The van der Waals surface area contributed by atoms with Gasteiger partial charge in [-0.25, -0.2) is 0 Å². The van der Waals surface area contributed by atoms with Gasteiger partial charge >= 0.3 is 0 Å². The maximum Gasteiger partial charge on any atom is 0.227 e. The van der Waals surface area contributed by atoms with Gasteiger partial charge in [0.2, 0.25) is 5.91 Å². The lowest BCUT2D eigenvalue weighted by atomic mass is 9.81. The monoisotopic (exact) mass is 256 g/mol. The molecule has 0 spiro atoms. The van der Waals surface area contributed by atoms with Crippen LogP contribution in [0.25, 0.3) is 0 Å². The fraction of sp³-hybridized carbons (Fsp3) is 0.929. The van der Waals surface area contributed by atoms with Gasteiger partial charge < -0.3 is 15.4 Å². The van der Waals surface area contributed by atoms with Crippen molar-refractivity contribution in [3.8, 4) is 0 Å². The van der Waals surface area contributed by atoms with Crippen molar-refractivity contribution in [1.82, 2.24) is 10.6 Å². The van der Waals surface area contributed by atoms with E-state index in [0.29, 0.717) is 0 Å². The van der Waals surface area contributed by atoms with E-state index >= 15 is 0 Å². The average molecular weight is 256 g/mol. The molecule has 2 N–H and O–H groups in total. The summed E-state index contributed by atoms with van der Waals surface area (Å²) in [5.74, 6) is 0.221. The number of rotatable bonds is 8. The Morgan fingerprint density at radius 3 is 2.83 bits per heavy atom. The summed E-state index contributed by atoms with van der Waals surface area (Å²) in [6.07, 6.45) is 4.17. The van der Waals surface area contributed by atoms with Gasteiger partial charge in [-0.1, -0.05) is 13.3 Å². The molecule has 1 amide bonds. The minimum Gasteiger partial charge on any atom is -0.379 e. The quantitative estimate of drug-likeness (QED) is 0.650. The molecule has 4 heteroatoms. The van der Waals surface area contributed by atoms with Crippen LogP contribution in [-0.4, -0.2) is 38.3 Å². The van der Waals surface area contributed by atoms with Crippen molar-refractivity contribution in [3.05, 3.63) is 0 Å². The smallest absolute Gasteiger partial charge is 0.227 e. The molecule has 18 heavy (non-hydrogen) atoms. The Hall–Kier alpha value is -0.610. The summed E-state index contributed by atoms with van der Waals surface area (Å²) in [4.78, 5) is 12.3. The highest BCUT2D eigenvalue weighted by molar-refractivity contribution is 5.83. The zero-order valence-corrected chi connectivity index (χ0v) is 12.1. The first-order valence-electron chi connectivity index (χ1n) is 7.21. The third-order valence-corrected chi connectivity index (χ3v) is 3.51. The van der Waals surface area contributed by atoms with E-state index in [-0.39, 0.29) is 17.4 Å². The van der Waals surface area contributed by atoms with E-state index in [2.05, 4.69) is 17.6 Å². The van der Waals surface area contributed by atoms with E-state index in [1.165, 1.54) is 0 Å². The Kier molecular flexibility index (Phi) is 6.65. The second-order valence-electron chi connectivity index (χ2n) is 5.49. The van der Waals surface area contributed by atoms with Gasteiger partial charge in [-0.15, -0.1) is 0 Å². The third kappa shape index (κ3) is 4.58. The Morgan fingerprint density at radius 2 is 2.28 bits per heavy atom. The van der Waals surface area contributed by atoms with Crippen molar-refractivity contribution in [2.45, 2.75) is 52.6 Å². The third-order valence-electron chi connectivity index (χ3n) is 3.51. The first kappa shape index (κ1) is 15.4. The van der Waals surface area contributed by atoms with E-state index in [1.807, 2.05) is 13.8 Å². The van der Waals surface area contributed by atoms with Gasteiger partial charge in [0, 0.05) is 19.7 Å². The number of carbonyl (C=O) groups is 1. The van der Waals surface area contributed by atoms with Gasteiger partial charge in [-0.05, 0) is 39.7 Å². The molecule has 1 aliphatic rings. The van der Waals surface area contributed by atoms with Gasteiger partial charge in [0.15, 0.2) is 0 Å². The van der Waals surface area contributed by atoms with Crippen LogP contribution in [0.15, 0.2) is 0 Å². The molecule has 1 fully saturated rings. The zero-order valence-electron chi connectivity index (χ0n) is 12.1. The molecule has 4 nitrogen and oxygen atoms in total. The molecule has 1 aliphatic heterocycles. The fourth-order valence-electron chi connectivity index (χ4n) is 2.52. The number of amides is 1.